The first kappa shape index (κ1) is 16.9. The summed E-state index contributed by atoms with van der Waals surface area (Å²) >= 11 is 0. The van der Waals surface area contributed by atoms with E-state index < -0.39 is 5.60 Å². The molecule has 2 fully saturated rings. The highest BCUT2D eigenvalue weighted by Gasteiger charge is 2.45. The molecular formula is C18H27N3O3. The number of hydrogen-bond acceptors (Lipinski definition) is 5. The van der Waals surface area contributed by atoms with E-state index in [1.54, 1.807) is 13.3 Å². The maximum absolute atomic E-state index is 12.3. The van der Waals surface area contributed by atoms with E-state index in [9.17, 15) is 4.79 Å². The van der Waals surface area contributed by atoms with Crippen LogP contribution in [0.1, 0.15) is 33.6 Å². The van der Waals surface area contributed by atoms with Crippen molar-refractivity contribution in [3.05, 3.63) is 18.5 Å². The fraction of sp³-hybridized carbons (Fsp3) is 0.667. The van der Waals surface area contributed by atoms with Crippen LogP contribution in [0.5, 0.6) is 5.75 Å². The lowest BCUT2D eigenvalue weighted by atomic mass is 9.86. The quantitative estimate of drug-likeness (QED) is 0.833. The molecule has 6 nitrogen and oxygen atoms in total. The van der Waals surface area contributed by atoms with Crippen LogP contribution < -0.4 is 9.64 Å². The first-order valence-corrected chi connectivity index (χ1v) is 8.52. The van der Waals surface area contributed by atoms with E-state index in [0.29, 0.717) is 0 Å². The van der Waals surface area contributed by atoms with Crippen LogP contribution in [0.3, 0.4) is 0 Å². The van der Waals surface area contributed by atoms with Gasteiger partial charge in [0.05, 0.1) is 25.2 Å². The average Bonchev–Trinajstić information content (AvgIpc) is 3.14. The molecule has 1 aromatic heterocycles. The van der Waals surface area contributed by atoms with E-state index in [2.05, 4.69) is 9.88 Å². The number of likely N-dealkylation sites (tertiary alicyclic amines) is 1. The van der Waals surface area contributed by atoms with Crippen molar-refractivity contribution in [1.29, 1.82) is 0 Å². The van der Waals surface area contributed by atoms with Crippen LogP contribution in [-0.4, -0.2) is 54.9 Å². The monoisotopic (exact) mass is 333 g/mol. The number of ether oxygens (including phenoxy) is 2. The van der Waals surface area contributed by atoms with Crippen molar-refractivity contribution in [2.75, 3.05) is 38.2 Å². The van der Waals surface area contributed by atoms with Crippen molar-refractivity contribution in [1.82, 2.24) is 9.88 Å². The van der Waals surface area contributed by atoms with Gasteiger partial charge < -0.3 is 19.3 Å². The molecule has 1 atom stereocenters. The Balaban J connectivity index is 1.64. The molecule has 0 saturated carbocycles. The molecule has 2 aliphatic heterocycles. The molecule has 0 N–H and O–H groups in total. The van der Waals surface area contributed by atoms with E-state index in [0.717, 1.165) is 50.5 Å². The summed E-state index contributed by atoms with van der Waals surface area (Å²) in [5, 5.41) is 0. The van der Waals surface area contributed by atoms with Crippen LogP contribution in [0, 0.1) is 5.41 Å². The molecule has 1 unspecified atom stereocenters. The number of nitrogens with zero attached hydrogens (tertiary/aromatic N) is 3. The molecule has 132 valence electrons. The highest BCUT2D eigenvalue weighted by molar-refractivity contribution is 5.68. The molecule has 1 aromatic rings. The molecule has 24 heavy (non-hydrogen) atoms. The summed E-state index contributed by atoms with van der Waals surface area (Å²) in [6.07, 6.45) is 5.52. The van der Waals surface area contributed by atoms with Gasteiger partial charge in [0.25, 0.3) is 0 Å². The van der Waals surface area contributed by atoms with Gasteiger partial charge >= 0.3 is 6.09 Å². The highest BCUT2D eigenvalue weighted by Crippen LogP contribution is 2.41. The first-order chi connectivity index (χ1) is 11.3. The number of aromatic nitrogens is 1. The zero-order valence-electron chi connectivity index (χ0n) is 15.0. The Hall–Kier alpha value is -1.98. The minimum Gasteiger partial charge on any atom is -0.495 e. The van der Waals surface area contributed by atoms with Gasteiger partial charge in [-0.25, -0.2) is 4.79 Å². The fourth-order valence-corrected chi connectivity index (χ4v) is 3.60. The van der Waals surface area contributed by atoms with E-state index >= 15 is 0 Å². The second kappa shape index (κ2) is 6.15. The number of pyridine rings is 1. The van der Waals surface area contributed by atoms with Crippen LogP contribution in [0.25, 0.3) is 0 Å². The molecule has 0 aromatic carbocycles. The summed E-state index contributed by atoms with van der Waals surface area (Å²) in [5.41, 5.74) is 0.808. The molecular weight excluding hydrogens is 306 g/mol. The fourth-order valence-electron chi connectivity index (χ4n) is 3.60. The third-order valence-electron chi connectivity index (χ3n) is 4.83. The van der Waals surface area contributed by atoms with E-state index in [1.807, 2.05) is 37.9 Å². The second-order valence-electron chi connectivity index (χ2n) is 7.91. The van der Waals surface area contributed by atoms with Crippen LogP contribution in [0.4, 0.5) is 10.5 Å². The predicted octanol–water partition coefficient (Wildman–Crippen LogP) is 2.93. The van der Waals surface area contributed by atoms with Crippen LogP contribution in [-0.2, 0) is 4.74 Å². The molecule has 6 heteroatoms. The highest BCUT2D eigenvalue weighted by atomic mass is 16.6. The van der Waals surface area contributed by atoms with Gasteiger partial charge in [-0.1, -0.05) is 0 Å². The lowest BCUT2D eigenvalue weighted by molar-refractivity contribution is 0.0276. The number of carbonyl (C=O) groups excluding carboxylic acids is 1. The largest absolute Gasteiger partial charge is 0.495 e. The molecule has 2 aliphatic rings. The lowest BCUT2D eigenvalue weighted by Crippen LogP contribution is -2.37. The molecule has 0 aliphatic carbocycles. The summed E-state index contributed by atoms with van der Waals surface area (Å²) in [5.74, 6) is 0.773. The summed E-state index contributed by atoms with van der Waals surface area (Å²) in [7, 11) is 1.65. The summed E-state index contributed by atoms with van der Waals surface area (Å²) in [4.78, 5) is 20.7. The average molecular weight is 333 g/mol. The predicted molar refractivity (Wildman–Crippen MR) is 92.5 cm³/mol. The Morgan fingerprint density at radius 2 is 1.96 bits per heavy atom. The zero-order valence-corrected chi connectivity index (χ0v) is 15.0. The van der Waals surface area contributed by atoms with Gasteiger partial charge in [0.15, 0.2) is 0 Å². The molecule has 3 heterocycles. The number of amides is 1. The second-order valence-corrected chi connectivity index (χ2v) is 7.91. The standard InChI is InChI=1S/C18H27N3O3/c1-17(2,3)24-16(22)21-8-6-18(13-21)5-7-20(12-18)14-9-15(23-4)11-19-10-14/h9-11H,5-8,12-13H2,1-4H3. The van der Waals surface area contributed by atoms with E-state index in [-0.39, 0.29) is 11.5 Å². The number of anilines is 1. The summed E-state index contributed by atoms with van der Waals surface area (Å²) < 4.78 is 10.8. The molecule has 1 amide bonds. The number of rotatable bonds is 2. The Kier molecular flexibility index (Phi) is 4.32. The van der Waals surface area contributed by atoms with E-state index in [4.69, 9.17) is 9.47 Å². The Bertz CT molecular complexity index is 614. The topological polar surface area (TPSA) is 54.9 Å². The maximum atomic E-state index is 12.3. The molecule has 3 rings (SSSR count). The number of methoxy groups -OCH3 is 1. The van der Waals surface area contributed by atoms with Crippen molar-refractivity contribution in [2.45, 2.75) is 39.2 Å². The Labute approximate surface area is 143 Å². The van der Waals surface area contributed by atoms with Gasteiger partial charge in [-0.2, -0.15) is 0 Å². The van der Waals surface area contributed by atoms with Crippen molar-refractivity contribution in [3.8, 4) is 5.75 Å². The van der Waals surface area contributed by atoms with Crippen LogP contribution in [0.2, 0.25) is 0 Å². The van der Waals surface area contributed by atoms with Crippen molar-refractivity contribution < 1.29 is 14.3 Å². The van der Waals surface area contributed by atoms with E-state index in [1.165, 1.54) is 0 Å². The van der Waals surface area contributed by atoms with Gasteiger partial charge in [-0.3, -0.25) is 4.98 Å². The Morgan fingerprint density at radius 1 is 1.21 bits per heavy atom. The van der Waals surface area contributed by atoms with Gasteiger partial charge in [0.2, 0.25) is 0 Å². The normalized spacial score (nSPS) is 23.8. The third kappa shape index (κ3) is 3.57. The van der Waals surface area contributed by atoms with Crippen molar-refractivity contribution >= 4 is 11.8 Å². The maximum Gasteiger partial charge on any atom is 0.410 e. The smallest absolute Gasteiger partial charge is 0.410 e. The zero-order chi connectivity index (χ0) is 17.4. The van der Waals surface area contributed by atoms with Gasteiger partial charge in [-0.15, -0.1) is 0 Å². The minimum atomic E-state index is -0.444. The molecule has 1 spiro atoms. The molecule has 2 saturated heterocycles. The van der Waals surface area contributed by atoms with Crippen LogP contribution >= 0.6 is 0 Å². The van der Waals surface area contributed by atoms with Crippen LogP contribution in [0.15, 0.2) is 18.5 Å². The lowest BCUT2D eigenvalue weighted by Gasteiger charge is -2.27. The summed E-state index contributed by atoms with van der Waals surface area (Å²) in [6.45, 7) is 9.20. The Morgan fingerprint density at radius 3 is 2.67 bits per heavy atom. The SMILES string of the molecule is COc1cncc(N2CCC3(CCN(C(=O)OC(C)(C)C)C3)C2)c1. The van der Waals surface area contributed by atoms with Gasteiger partial charge in [-0.05, 0) is 33.6 Å². The minimum absolute atomic E-state index is 0.167. The molecule has 0 bridgehead atoms. The summed E-state index contributed by atoms with van der Waals surface area (Å²) in [6, 6.07) is 2.02. The van der Waals surface area contributed by atoms with Crippen molar-refractivity contribution in [2.24, 2.45) is 5.41 Å². The number of hydrogen-bond donors (Lipinski definition) is 0. The van der Waals surface area contributed by atoms with Gasteiger partial charge in [0, 0.05) is 37.7 Å². The first-order valence-electron chi connectivity index (χ1n) is 8.52. The van der Waals surface area contributed by atoms with Gasteiger partial charge in [0.1, 0.15) is 11.4 Å². The number of carbonyl (C=O) groups is 1. The molecule has 0 radical (unpaired) electrons. The third-order valence-corrected chi connectivity index (χ3v) is 4.83. The van der Waals surface area contributed by atoms with Crippen molar-refractivity contribution in [3.63, 3.8) is 0 Å².